The summed E-state index contributed by atoms with van der Waals surface area (Å²) in [5.41, 5.74) is 1.59. The minimum absolute atomic E-state index is 0.140. The zero-order chi connectivity index (χ0) is 11.7. The van der Waals surface area contributed by atoms with Crippen LogP contribution in [-0.4, -0.2) is 23.3 Å². The highest BCUT2D eigenvalue weighted by Crippen LogP contribution is 2.20. The number of amidine groups is 1. The molecule has 1 heterocycles. The van der Waals surface area contributed by atoms with Gasteiger partial charge in [-0.05, 0) is 13.8 Å². The molecule has 5 heteroatoms. The normalized spacial score (nSPS) is 19.1. The van der Waals surface area contributed by atoms with E-state index in [1.54, 1.807) is 19.1 Å². The maximum atomic E-state index is 10.8. The number of nitrogens with one attached hydrogen (secondary N) is 1. The van der Waals surface area contributed by atoms with Crippen molar-refractivity contribution < 1.29 is 4.92 Å². The molecule has 1 aromatic carbocycles. The van der Waals surface area contributed by atoms with Gasteiger partial charge in [0.25, 0.3) is 5.69 Å². The van der Waals surface area contributed by atoms with E-state index in [9.17, 15) is 10.1 Å². The lowest BCUT2D eigenvalue weighted by molar-refractivity contribution is -0.385. The summed E-state index contributed by atoms with van der Waals surface area (Å²) in [6, 6.07) is 5.47. The van der Waals surface area contributed by atoms with Crippen LogP contribution >= 0.6 is 0 Å². The van der Waals surface area contributed by atoms with Crippen LogP contribution in [0.3, 0.4) is 0 Å². The molecule has 5 nitrogen and oxygen atoms in total. The van der Waals surface area contributed by atoms with E-state index in [0.29, 0.717) is 11.6 Å². The first-order valence-corrected chi connectivity index (χ1v) is 5.14. The van der Waals surface area contributed by atoms with Crippen molar-refractivity contribution in [3.8, 4) is 0 Å². The van der Waals surface area contributed by atoms with Crippen molar-refractivity contribution in [2.24, 2.45) is 4.99 Å². The minimum atomic E-state index is -0.363. The number of benzene rings is 1. The van der Waals surface area contributed by atoms with E-state index in [1.165, 1.54) is 0 Å². The van der Waals surface area contributed by atoms with Crippen molar-refractivity contribution in [2.75, 3.05) is 6.54 Å². The molecule has 1 aromatic rings. The highest BCUT2D eigenvalue weighted by atomic mass is 16.6. The van der Waals surface area contributed by atoms with Crippen LogP contribution in [0.5, 0.6) is 0 Å². The second-order valence-electron chi connectivity index (χ2n) is 3.99. The summed E-state index contributed by atoms with van der Waals surface area (Å²) in [5, 5.41) is 14.0. The molecular formula is C11H13N3O2. The standard InChI is InChI=1S/C11H13N3O2/c1-7-3-4-9(5-10(7)14(15)16)11-12-6-8(2)13-11/h3-5,8H,6H2,1-2H3,(H,12,13). The van der Waals surface area contributed by atoms with Crippen LogP contribution in [0.1, 0.15) is 18.1 Å². The Bertz CT molecular complexity index is 468. The lowest BCUT2D eigenvalue weighted by Gasteiger charge is -2.06. The maximum Gasteiger partial charge on any atom is 0.273 e. The predicted molar refractivity (Wildman–Crippen MR) is 61.8 cm³/mol. The van der Waals surface area contributed by atoms with Crippen LogP contribution in [-0.2, 0) is 0 Å². The van der Waals surface area contributed by atoms with Crippen LogP contribution < -0.4 is 5.32 Å². The van der Waals surface area contributed by atoms with Crippen LogP contribution in [0.25, 0.3) is 0 Å². The lowest BCUT2D eigenvalue weighted by atomic mass is 10.1. The van der Waals surface area contributed by atoms with E-state index in [1.807, 2.05) is 13.0 Å². The van der Waals surface area contributed by atoms with Gasteiger partial charge in [-0.3, -0.25) is 15.1 Å². The fourth-order valence-electron chi connectivity index (χ4n) is 1.68. The first kappa shape index (κ1) is 10.6. The van der Waals surface area contributed by atoms with Crippen molar-refractivity contribution in [1.29, 1.82) is 0 Å². The molecular weight excluding hydrogens is 206 g/mol. The number of nitrogens with zero attached hydrogens (tertiary/aromatic N) is 2. The Morgan fingerprint density at radius 2 is 2.31 bits per heavy atom. The summed E-state index contributed by atoms with van der Waals surface area (Å²) in [6.45, 7) is 4.48. The zero-order valence-electron chi connectivity index (χ0n) is 9.23. The predicted octanol–water partition coefficient (Wildman–Crippen LogP) is 1.64. The molecule has 0 radical (unpaired) electrons. The topological polar surface area (TPSA) is 67.5 Å². The molecule has 0 saturated carbocycles. The van der Waals surface area contributed by atoms with Crippen molar-refractivity contribution >= 4 is 11.5 Å². The fourth-order valence-corrected chi connectivity index (χ4v) is 1.68. The average Bonchev–Trinajstić information content (AvgIpc) is 2.65. The van der Waals surface area contributed by atoms with E-state index in [4.69, 9.17) is 0 Å². The third-order valence-electron chi connectivity index (χ3n) is 2.59. The molecule has 0 aliphatic carbocycles. The maximum absolute atomic E-state index is 10.8. The van der Waals surface area contributed by atoms with E-state index >= 15 is 0 Å². The molecule has 0 saturated heterocycles. The zero-order valence-corrected chi connectivity index (χ0v) is 9.23. The Labute approximate surface area is 93.3 Å². The Morgan fingerprint density at radius 3 is 2.88 bits per heavy atom. The monoisotopic (exact) mass is 219 g/mol. The Morgan fingerprint density at radius 1 is 1.56 bits per heavy atom. The van der Waals surface area contributed by atoms with Gasteiger partial charge >= 0.3 is 0 Å². The Kier molecular flexibility index (Phi) is 2.60. The van der Waals surface area contributed by atoms with Gasteiger partial charge in [-0.25, -0.2) is 0 Å². The van der Waals surface area contributed by atoms with Crippen molar-refractivity contribution in [3.63, 3.8) is 0 Å². The van der Waals surface area contributed by atoms with Gasteiger partial charge in [0, 0.05) is 23.2 Å². The molecule has 0 spiro atoms. The summed E-state index contributed by atoms with van der Waals surface area (Å²) in [5.74, 6) is 0.746. The number of aryl methyl sites for hydroxylation is 1. The van der Waals surface area contributed by atoms with Crippen molar-refractivity contribution in [2.45, 2.75) is 19.9 Å². The van der Waals surface area contributed by atoms with E-state index in [0.717, 1.165) is 17.9 Å². The van der Waals surface area contributed by atoms with Crippen molar-refractivity contribution in [1.82, 2.24) is 5.32 Å². The number of nitro benzene ring substituents is 1. The summed E-state index contributed by atoms with van der Waals surface area (Å²) < 4.78 is 0. The third-order valence-corrected chi connectivity index (χ3v) is 2.59. The van der Waals surface area contributed by atoms with Crippen LogP contribution in [0.4, 0.5) is 5.69 Å². The highest BCUT2D eigenvalue weighted by molar-refractivity contribution is 6.00. The third kappa shape index (κ3) is 1.88. The molecule has 1 aliphatic heterocycles. The minimum Gasteiger partial charge on any atom is -0.366 e. The van der Waals surface area contributed by atoms with Crippen LogP contribution in [0, 0.1) is 17.0 Å². The highest BCUT2D eigenvalue weighted by Gasteiger charge is 2.18. The lowest BCUT2D eigenvalue weighted by Crippen LogP contribution is -2.27. The number of rotatable bonds is 2. The van der Waals surface area contributed by atoms with Gasteiger partial charge in [-0.1, -0.05) is 12.1 Å². The molecule has 84 valence electrons. The van der Waals surface area contributed by atoms with Gasteiger partial charge in [0.05, 0.1) is 11.5 Å². The van der Waals surface area contributed by atoms with E-state index in [-0.39, 0.29) is 10.6 Å². The van der Waals surface area contributed by atoms with Gasteiger partial charge in [0.15, 0.2) is 0 Å². The average molecular weight is 219 g/mol. The van der Waals surface area contributed by atoms with Crippen LogP contribution in [0.15, 0.2) is 23.2 Å². The van der Waals surface area contributed by atoms with Gasteiger partial charge < -0.3 is 5.32 Å². The smallest absolute Gasteiger partial charge is 0.273 e. The first-order valence-electron chi connectivity index (χ1n) is 5.14. The largest absolute Gasteiger partial charge is 0.366 e. The molecule has 0 bridgehead atoms. The first-order chi connectivity index (χ1) is 7.58. The van der Waals surface area contributed by atoms with Gasteiger partial charge in [-0.2, -0.15) is 0 Å². The molecule has 1 aliphatic rings. The molecule has 0 amide bonds. The second kappa shape index (κ2) is 3.92. The molecule has 0 fully saturated rings. The molecule has 2 rings (SSSR count). The number of hydrogen-bond donors (Lipinski definition) is 1. The summed E-state index contributed by atoms with van der Waals surface area (Å²) in [4.78, 5) is 14.7. The summed E-state index contributed by atoms with van der Waals surface area (Å²) in [6.07, 6.45) is 0. The van der Waals surface area contributed by atoms with E-state index < -0.39 is 0 Å². The molecule has 1 unspecified atom stereocenters. The molecule has 1 atom stereocenters. The SMILES string of the molecule is Cc1ccc(C2=NCC(C)N2)cc1[N+](=O)[O-]. The number of aliphatic imine (C=N–C) groups is 1. The van der Waals surface area contributed by atoms with E-state index in [2.05, 4.69) is 10.3 Å². The van der Waals surface area contributed by atoms with Gasteiger partial charge in [0.2, 0.25) is 0 Å². The van der Waals surface area contributed by atoms with Crippen molar-refractivity contribution in [3.05, 3.63) is 39.4 Å². The Balaban J connectivity index is 2.37. The summed E-state index contributed by atoms with van der Waals surface area (Å²) >= 11 is 0. The molecule has 0 aromatic heterocycles. The number of nitro groups is 1. The molecule has 1 N–H and O–H groups in total. The van der Waals surface area contributed by atoms with Gasteiger partial charge in [-0.15, -0.1) is 0 Å². The summed E-state index contributed by atoms with van der Waals surface area (Å²) in [7, 11) is 0. The Hall–Kier alpha value is -1.91. The second-order valence-corrected chi connectivity index (χ2v) is 3.99. The fraction of sp³-hybridized carbons (Fsp3) is 0.364. The quantitative estimate of drug-likeness (QED) is 0.607. The number of hydrogen-bond acceptors (Lipinski definition) is 4. The van der Waals surface area contributed by atoms with Gasteiger partial charge in [0.1, 0.15) is 5.84 Å². The van der Waals surface area contributed by atoms with Crippen LogP contribution in [0.2, 0.25) is 0 Å². The molecule has 16 heavy (non-hydrogen) atoms.